The zero-order valence-corrected chi connectivity index (χ0v) is 14.9. The molecule has 25 heavy (non-hydrogen) atoms. The third kappa shape index (κ3) is 4.02. The lowest BCUT2D eigenvalue weighted by molar-refractivity contribution is 0.128. The fourth-order valence-electron chi connectivity index (χ4n) is 3.33. The minimum Gasteiger partial charge on any atom is -0.396 e. The Morgan fingerprint density at radius 3 is 2.80 bits per heavy atom. The second-order valence-electron chi connectivity index (χ2n) is 6.74. The highest BCUT2D eigenvalue weighted by atomic mass is 16.3. The number of piperidine rings is 1. The second-order valence-corrected chi connectivity index (χ2v) is 6.74. The van der Waals surface area contributed by atoms with Gasteiger partial charge in [0.1, 0.15) is 5.82 Å². The average molecular weight is 342 g/mol. The number of imidazole rings is 1. The van der Waals surface area contributed by atoms with Gasteiger partial charge in [0, 0.05) is 37.8 Å². The number of aliphatic hydroxyl groups is 1. The quantitative estimate of drug-likeness (QED) is 0.897. The van der Waals surface area contributed by atoms with Crippen molar-refractivity contribution in [2.75, 3.05) is 19.7 Å². The van der Waals surface area contributed by atoms with E-state index < -0.39 is 0 Å². The molecule has 6 nitrogen and oxygen atoms in total. The molecule has 3 rings (SSSR count). The SMILES string of the molecule is Cc1nccn1-c1ccc([C@@H](C)NC(=O)N2CCC[C@H](CO)C2)cc1. The predicted molar refractivity (Wildman–Crippen MR) is 96.6 cm³/mol. The van der Waals surface area contributed by atoms with Gasteiger partial charge in [-0.2, -0.15) is 0 Å². The van der Waals surface area contributed by atoms with Crippen LogP contribution in [-0.2, 0) is 0 Å². The molecule has 1 aliphatic rings. The minimum absolute atomic E-state index is 0.0554. The van der Waals surface area contributed by atoms with Crippen molar-refractivity contribution in [3.8, 4) is 5.69 Å². The average Bonchev–Trinajstić information content (AvgIpc) is 3.07. The summed E-state index contributed by atoms with van der Waals surface area (Å²) in [5, 5.41) is 12.4. The van der Waals surface area contributed by atoms with Crippen LogP contribution in [0.1, 0.15) is 37.2 Å². The number of carbonyl (C=O) groups excluding carboxylic acids is 1. The molecule has 1 aromatic carbocycles. The molecule has 1 aliphatic heterocycles. The highest BCUT2D eigenvalue weighted by Crippen LogP contribution is 2.19. The monoisotopic (exact) mass is 342 g/mol. The summed E-state index contributed by atoms with van der Waals surface area (Å²) in [4.78, 5) is 18.5. The summed E-state index contributed by atoms with van der Waals surface area (Å²) in [6, 6.07) is 8.02. The second kappa shape index (κ2) is 7.70. The Morgan fingerprint density at radius 2 is 2.16 bits per heavy atom. The van der Waals surface area contributed by atoms with Crippen molar-refractivity contribution in [1.29, 1.82) is 0 Å². The first kappa shape index (κ1) is 17.5. The number of hydrogen-bond donors (Lipinski definition) is 2. The maximum Gasteiger partial charge on any atom is 0.317 e. The first-order chi connectivity index (χ1) is 12.1. The normalized spacial score (nSPS) is 18.8. The Labute approximate surface area is 148 Å². The molecule has 0 unspecified atom stereocenters. The number of urea groups is 1. The van der Waals surface area contributed by atoms with Gasteiger partial charge in [-0.25, -0.2) is 9.78 Å². The molecular formula is C19H26N4O2. The molecule has 1 fully saturated rings. The van der Waals surface area contributed by atoms with Crippen LogP contribution in [0.4, 0.5) is 4.79 Å². The number of nitrogens with zero attached hydrogens (tertiary/aromatic N) is 3. The van der Waals surface area contributed by atoms with E-state index in [9.17, 15) is 9.90 Å². The van der Waals surface area contributed by atoms with Crippen LogP contribution >= 0.6 is 0 Å². The van der Waals surface area contributed by atoms with E-state index in [1.165, 1.54) is 0 Å². The third-order valence-corrected chi connectivity index (χ3v) is 4.90. The van der Waals surface area contributed by atoms with Gasteiger partial charge in [-0.3, -0.25) is 0 Å². The van der Waals surface area contributed by atoms with Gasteiger partial charge in [-0.05, 0) is 50.3 Å². The highest BCUT2D eigenvalue weighted by Gasteiger charge is 2.24. The highest BCUT2D eigenvalue weighted by molar-refractivity contribution is 5.74. The Hall–Kier alpha value is -2.34. The molecule has 2 amide bonds. The lowest BCUT2D eigenvalue weighted by Crippen LogP contribution is -2.46. The number of benzene rings is 1. The smallest absolute Gasteiger partial charge is 0.317 e. The van der Waals surface area contributed by atoms with E-state index in [0.29, 0.717) is 6.54 Å². The molecule has 2 N–H and O–H groups in total. The van der Waals surface area contributed by atoms with Gasteiger partial charge in [-0.15, -0.1) is 0 Å². The number of aromatic nitrogens is 2. The van der Waals surface area contributed by atoms with E-state index >= 15 is 0 Å². The number of aliphatic hydroxyl groups excluding tert-OH is 1. The molecule has 1 saturated heterocycles. The maximum atomic E-state index is 12.5. The van der Waals surface area contributed by atoms with Crippen molar-refractivity contribution < 1.29 is 9.90 Å². The van der Waals surface area contributed by atoms with Crippen LogP contribution in [0.3, 0.4) is 0 Å². The van der Waals surface area contributed by atoms with E-state index in [1.807, 2.05) is 53.8 Å². The number of nitrogens with one attached hydrogen (secondary N) is 1. The summed E-state index contributed by atoms with van der Waals surface area (Å²) in [6.45, 7) is 5.49. The standard InChI is InChI=1S/C19H26N4O2/c1-14(21-19(25)22-10-3-4-16(12-22)13-24)17-5-7-18(8-6-17)23-11-9-20-15(23)2/h5-9,11,14,16,24H,3-4,10,12-13H2,1-2H3,(H,21,25)/t14-,16+/m1/s1. The molecule has 2 atom stereocenters. The number of carbonyl (C=O) groups is 1. The summed E-state index contributed by atoms with van der Waals surface area (Å²) in [5.41, 5.74) is 2.12. The Bertz CT molecular complexity index is 710. The van der Waals surface area contributed by atoms with Crippen LogP contribution in [0.25, 0.3) is 5.69 Å². The molecular weight excluding hydrogens is 316 g/mol. The number of aryl methyl sites for hydroxylation is 1. The Kier molecular flexibility index (Phi) is 5.38. The van der Waals surface area contributed by atoms with Crippen molar-refractivity contribution in [3.63, 3.8) is 0 Å². The van der Waals surface area contributed by atoms with Crippen LogP contribution in [0, 0.1) is 12.8 Å². The van der Waals surface area contributed by atoms with Gasteiger partial charge in [-0.1, -0.05) is 12.1 Å². The van der Waals surface area contributed by atoms with E-state index in [4.69, 9.17) is 0 Å². The zero-order chi connectivity index (χ0) is 17.8. The van der Waals surface area contributed by atoms with Crippen molar-refractivity contribution in [3.05, 3.63) is 48.0 Å². The van der Waals surface area contributed by atoms with E-state index in [-0.39, 0.29) is 24.6 Å². The zero-order valence-electron chi connectivity index (χ0n) is 14.9. The van der Waals surface area contributed by atoms with E-state index in [0.717, 1.165) is 36.5 Å². The lowest BCUT2D eigenvalue weighted by Gasteiger charge is -2.32. The third-order valence-electron chi connectivity index (χ3n) is 4.90. The van der Waals surface area contributed by atoms with Crippen LogP contribution in [0.15, 0.2) is 36.7 Å². The maximum absolute atomic E-state index is 12.5. The minimum atomic E-state index is -0.0695. The fourth-order valence-corrected chi connectivity index (χ4v) is 3.33. The van der Waals surface area contributed by atoms with Gasteiger partial charge in [0.2, 0.25) is 0 Å². The van der Waals surface area contributed by atoms with E-state index in [1.54, 1.807) is 6.20 Å². The predicted octanol–water partition coefficient (Wildman–Crippen LogP) is 2.66. The van der Waals surface area contributed by atoms with Gasteiger partial charge >= 0.3 is 6.03 Å². The molecule has 0 aliphatic carbocycles. The van der Waals surface area contributed by atoms with Crippen LogP contribution < -0.4 is 5.32 Å². The van der Waals surface area contributed by atoms with Gasteiger partial charge < -0.3 is 19.9 Å². The van der Waals surface area contributed by atoms with Crippen molar-refractivity contribution in [2.24, 2.45) is 5.92 Å². The Morgan fingerprint density at radius 1 is 1.40 bits per heavy atom. The van der Waals surface area contributed by atoms with Crippen LogP contribution in [-0.4, -0.2) is 45.3 Å². The van der Waals surface area contributed by atoms with E-state index in [2.05, 4.69) is 10.3 Å². The van der Waals surface area contributed by atoms with Gasteiger partial charge in [0.15, 0.2) is 0 Å². The molecule has 6 heteroatoms. The lowest BCUT2D eigenvalue weighted by atomic mass is 9.99. The summed E-state index contributed by atoms with van der Waals surface area (Å²) in [5.74, 6) is 1.14. The summed E-state index contributed by atoms with van der Waals surface area (Å²) in [7, 11) is 0. The molecule has 2 aromatic rings. The topological polar surface area (TPSA) is 70.4 Å². The summed E-state index contributed by atoms with van der Waals surface area (Å²) in [6.07, 6.45) is 5.66. The van der Waals surface area contributed by atoms with Crippen molar-refractivity contribution >= 4 is 6.03 Å². The Balaban J connectivity index is 1.62. The molecule has 0 bridgehead atoms. The summed E-state index contributed by atoms with van der Waals surface area (Å²) < 4.78 is 2.02. The number of hydrogen-bond acceptors (Lipinski definition) is 3. The largest absolute Gasteiger partial charge is 0.396 e. The van der Waals surface area contributed by atoms with Crippen molar-refractivity contribution in [2.45, 2.75) is 32.7 Å². The molecule has 0 saturated carbocycles. The number of rotatable bonds is 4. The molecule has 2 heterocycles. The van der Waals surface area contributed by atoms with Crippen LogP contribution in [0.5, 0.6) is 0 Å². The fraction of sp³-hybridized carbons (Fsp3) is 0.474. The number of likely N-dealkylation sites (tertiary alicyclic amines) is 1. The summed E-state index contributed by atoms with van der Waals surface area (Å²) >= 11 is 0. The van der Waals surface area contributed by atoms with Crippen LogP contribution in [0.2, 0.25) is 0 Å². The first-order valence-electron chi connectivity index (χ1n) is 8.85. The molecule has 1 aromatic heterocycles. The first-order valence-corrected chi connectivity index (χ1v) is 8.85. The molecule has 134 valence electrons. The molecule has 0 spiro atoms. The van der Waals surface area contributed by atoms with Crippen molar-refractivity contribution in [1.82, 2.24) is 19.8 Å². The molecule has 0 radical (unpaired) electrons. The van der Waals surface area contributed by atoms with Gasteiger partial charge in [0.05, 0.1) is 6.04 Å². The van der Waals surface area contributed by atoms with Gasteiger partial charge in [0.25, 0.3) is 0 Å². The number of amides is 2.